The maximum Gasteiger partial charge on any atom is 0.265 e. The molecule has 1 N–H and O–H groups in total. The maximum atomic E-state index is 12.3. The maximum absolute atomic E-state index is 12.3. The normalized spacial score (nSPS) is 20.7. The summed E-state index contributed by atoms with van der Waals surface area (Å²) in [6.07, 6.45) is 0.939. The SMILES string of the molecule is Cc1nc2cc3c(cc2c(=O)[nH]1)N(CC1CCOC1)C(=O)CO3. The Kier molecular flexibility index (Phi) is 3.30. The average molecular weight is 315 g/mol. The number of rotatable bonds is 2. The lowest BCUT2D eigenvalue weighted by Crippen LogP contribution is -2.42. The van der Waals surface area contributed by atoms with Gasteiger partial charge in [0.05, 0.1) is 23.2 Å². The highest BCUT2D eigenvalue weighted by molar-refractivity contribution is 6.00. The van der Waals surface area contributed by atoms with Gasteiger partial charge in [-0.1, -0.05) is 0 Å². The van der Waals surface area contributed by atoms with E-state index in [9.17, 15) is 9.59 Å². The molecule has 2 aromatic rings. The molecule has 1 atom stereocenters. The number of hydrogen-bond acceptors (Lipinski definition) is 5. The number of anilines is 1. The highest BCUT2D eigenvalue weighted by atomic mass is 16.5. The van der Waals surface area contributed by atoms with E-state index in [-0.39, 0.29) is 18.1 Å². The summed E-state index contributed by atoms with van der Waals surface area (Å²) in [7, 11) is 0. The summed E-state index contributed by atoms with van der Waals surface area (Å²) in [5.41, 5.74) is 0.998. The van der Waals surface area contributed by atoms with E-state index in [1.165, 1.54) is 0 Å². The number of nitrogens with one attached hydrogen (secondary N) is 1. The third kappa shape index (κ3) is 2.46. The number of aryl methyl sites for hydroxylation is 1. The quantitative estimate of drug-likeness (QED) is 0.893. The average Bonchev–Trinajstić information content (AvgIpc) is 3.02. The Balaban J connectivity index is 1.81. The minimum atomic E-state index is -0.211. The Morgan fingerprint density at radius 3 is 3.04 bits per heavy atom. The molecule has 0 radical (unpaired) electrons. The van der Waals surface area contributed by atoms with E-state index < -0.39 is 0 Å². The van der Waals surface area contributed by atoms with Crippen molar-refractivity contribution in [1.29, 1.82) is 0 Å². The number of carbonyl (C=O) groups is 1. The molecule has 0 spiro atoms. The molecule has 0 aliphatic carbocycles. The number of benzene rings is 1. The fraction of sp³-hybridized carbons (Fsp3) is 0.438. The topological polar surface area (TPSA) is 84.5 Å². The summed E-state index contributed by atoms with van der Waals surface area (Å²) < 4.78 is 10.9. The van der Waals surface area contributed by atoms with Crippen molar-refractivity contribution in [3.05, 3.63) is 28.3 Å². The van der Waals surface area contributed by atoms with E-state index in [2.05, 4.69) is 9.97 Å². The van der Waals surface area contributed by atoms with E-state index >= 15 is 0 Å². The van der Waals surface area contributed by atoms with Crippen LogP contribution in [0.1, 0.15) is 12.2 Å². The van der Waals surface area contributed by atoms with Gasteiger partial charge in [-0.2, -0.15) is 0 Å². The van der Waals surface area contributed by atoms with Gasteiger partial charge < -0.3 is 19.4 Å². The molecular formula is C16H17N3O4. The number of carbonyl (C=O) groups excluding carboxylic acids is 1. The van der Waals surface area contributed by atoms with Crippen molar-refractivity contribution in [3.63, 3.8) is 0 Å². The fourth-order valence-corrected chi connectivity index (χ4v) is 3.14. The number of aromatic nitrogens is 2. The molecule has 1 aromatic carbocycles. The molecule has 1 fully saturated rings. The van der Waals surface area contributed by atoms with Gasteiger partial charge in [-0.15, -0.1) is 0 Å². The molecule has 120 valence electrons. The molecule has 4 rings (SSSR count). The van der Waals surface area contributed by atoms with Gasteiger partial charge in [-0.25, -0.2) is 4.98 Å². The number of hydrogen-bond donors (Lipinski definition) is 1. The van der Waals surface area contributed by atoms with E-state index in [0.29, 0.717) is 47.2 Å². The summed E-state index contributed by atoms with van der Waals surface area (Å²) in [5.74, 6) is 1.36. The van der Waals surface area contributed by atoms with Crippen LogP contribution in [0.3, 0.4) is 0 Å². The van der Waals surface area contributed by atoms with Gasteiger partial charge in [0.15, 0.2) is 6.61 Å². The number of H-pyrrole nitrogens is 1. The van der Waals surface area contributed by atoms with Crippen LogP contribution >= 0.6 is 0 Å². The van der Waals surface area contributed by atoms with Crippen molar-refractivity contribution in [2.45, 2.75) is 13.3 Å². The summed E-state index contributed by atoms with van der Waals surface area (Å²) in [6.45, 7) is 3.72. The summed E-state index contributed by atoms with van der Waals surface area (Å²) in [6, 6.07) is 3.43. The van der Waals surface area contributed by atoms with Gasteiger partial charge in [0.2, 0.25) is 0 Å². The molecule has 7 nitrogen and oxygen atoms in total. The predicted octanol–water partition coefficient (Wildman–Crippen LogP) is 0.993. The molecule has 0 saturated carbocycles. The van der Waals surface area contributed by atoms with Gasteiger partial charge in [0.25, 0.3) is 11.5 Å². The molecule has 2 aliphatic heterocycles. The van der Waals surface area contributed by atoms with Crippen molar-refractivity contribution in [2.75, 3.05) is 31.3 Å². The Morgan fingerprint density at radius 2 is 2.26 bits per heavy atom. The Morgan fingerprint density at radius 1 is 1.39 bits per heavy atom. The third-order valence-corrected chi connectivity index (χ3v) is 4.31. The number of aromatic amines is 1. The molecule has 7 heteroatoms. The Bertz CT molecular complexity index is 839. The van der Waals surface area contributed by atoms with Gasteiger partial charge in [-0.3, -0.25) is 9.59 Å². The van der Waals surface area contributed by atoms with Gasteiger partial charge >= 0.3 is 0 Å². The standard InChI is InChI=1S/C16H17N3O4/c1-9-17-12-5-14-13(4-11(12)16(21)18-9)19(15(20)8-23-14)6-10-2-3-22-7-10/h4-5,10H,2-3,6-8H2,1H3,(H,17,18,21). The van der Waals surface area contributed by atoms with E-state index in [1.807, 2.05) is 0 Å². The van der Waals surface area contributed by atoms with Crippen molar-refractivity contribution >= 4 is 22.5 Å². The fourth-order valence-electron chi connectivity index (χ4n) is 3.14. The van der Waals surface area contributed by atoms with Crippen LogP contribution in [-0.2, 0) is 9.53 Å². The first kappa shape index (κ1) is 14.2. The third-order valence-electron chi connectivity index (χ3n) is 4.31. The summed E-state index contributed by atoms with van der Waals surface area (Å²) in [5, 5.41) is 0.459. The lowest BCUT2D eigenvalue weighted by atomic mass is 10.1. The molecule has 3 heterocycles. The molecule has 1 aromatic heterocycles. The van der Waals surface area contributed by atoms with Crippen molar-refractivity contribution < 1.29 is 14.3 Å². The lowest BCUT2D eigenvalue weighted by molar-refractivity contribution is -0.121. The molecule has 2 aliphatic rings. The van der Waals surface area contributed by atoms with Gasteiger partial charge in [-0.05, 0) is 19.4 Å². The minimum Gasteiger partial charge on any atom is -0.481 e. The zero-order chi connectivity index (χ0) is 16.0. The summed E-state index contributed by atoms with van der Waals surface area (Å²) in [4.78, 5) is 33.2. The second-order valence-electron chi connectivity index (χ2n) is 6.01. The second-order valence-corrected chi connectivity index (χ2v) is 6.01. The van der Waals surface area contributed by atoms with Crippen LogP contribution in [0, 0.1) is 12.8 Å². The lowest BCUT2D eigenvalue weighted by Gasteiger charge is -2.31. The van der Waals surface area contributed by atoms with Crippen molar-refractivity contribution in [1.82, 2.24) is 9.97 Å². The molecule has 0 bridgehead atoms. The first-order valence-electron chi connectivity index (χ1n) is 7.67. The second kappa shape index (κ2) is 5.34. The molecule has 1 amide bonds. The van der Waals surface area contributed by atoms with Crippen LogP contribution in [0.25, 0.3) is 10.9 Å². The molecule has 1 unspecified atom stereocenters. The highest BCUT2D eigenvalue weighted by Gasteiger charge is 2.30. The molecule has 23 heavy (non-hydrogen) atoms. The predicted molar refractivity (Wildman–Crippen MR) is 83.9 cm³/mol. The van der Waals surface area contributed by atoms with E-state index in [4.69, 9.17) is 9.47 Å². The van der Waals surface area contributed by atoms with Crippen LogP contribution in [0.2, 0.25) is 0 Å². The highest BCUT2D eigenvalue weighted by Crippen LogP contribution is 2.35. The minimum absolute atomic E-state index is 0.00819. The van der Waals surface area contributed by atoms with Crippen LogP contribution in [0.4, 0.5) is 5.69 Å². The Hall–Kier alpha value is -2.41. The first-order valence-corrected chi connectivity index (χ1v) is 7.67. The van der Waals surface area contributed by atoms with Crippen LogP contribution < -0.4 is 15.2 Å². The number of ether oxygens (including phenoxy) is 2. The zero-order valence-corrected chi connectivity index (χ0v) is 12.8. The van der Waals surface area contributed by atoms with E-state index in [0.717, 1.165) is 13.0 Å². The zero-order valence-electron chi connectivity index (χ0n) is 12.8. The monoisotopic (exact) mass is 315 g/mol. The van der Waals surface area contributed by atoms with Crippen molar-refractivity contribution in [3.8, 4) is 5.75 Å². The van der Waals surface area contributed by atoms with E-state index in [1.54, 1.807) is 24.0 Å². The first-order chi connectivity index (χ1) is 11.1. The van der Waals surface area contributed by atoms with Crippen molar-refractivity contribution in [2.24, 2.45) is 5.92 Å². The van der Waals surface area contributed by atoms with Crippen LogP contribution in [0.5, 0.6) is 5.75 Å². The van der Waals surface area contributed by atoms with Crippen LogP contribution in [0.15, 0.2) is 16.9 Å². The Labute approximate surface area is 132 Å². The number of fused-ring (bicyclic) bond motifs is 2. The number of nitrogens with zero attached hydrogens (tertiary/aromatic N) is 2. The van der Waals surface area contributed by atoms with Gasteiger partial charge in [0.1, 0.15) is 11.6 Å². The number of amides is 1. The van der Waals surface area contributed by atoms with Gasteiger partial charge in [0, 0.05) is 25.1 Å². The molecule has 1 saturated heterocycles. The molecular weight excluding hydrogens is 298 g/mol. The smallest absolute Gasteiger partial charge is 0.265 e. The van der Waals surface area contributed by atoms with Crippen LogP contribution in [-0.4, -0.2) is 42.2 Å². The summed E-state index contributed by atoms with van der Waals surface area (Å²) >= 11 is 0. The largest absolute Gasteiger partial charge is 0.481 e.